The lowest BCUT2D eigenvalue weighted by Gasteiger charge is -2.27. The van der Waals surface area contributed by atoms with Gasteiger partial charge < -0.3 is 14.4 Å². The molecule has 0 spiro atoms. The molecule has 1 aliphatic heterocycles. The largest absolute Gasteiger partial charge is 0.477 e. The quantitative estimate of drug-likeness (QED) is 0.641. The Bertz CT molecular complexity index is 1010. The number of imidazole rings is 1. The molecule has 1 aromatic carbocycles. The Hall–Kier alpha value is -1.77. The van der Waals surface area contributed by atoms with E-state index < -0.39 is 5.97 Å². The average molecular weight is 439 g/mol. The number of aromatic nitrogens is 2. The van der Waals surface area contributed by atoms with E-state index in [1.54, 1.807) is 19.1 Å². The summed E-state index contributed by atoms with van der Waals surface area (Å²) in [5.41, 5.74) is 2.07. The van der Waals surface area contributed by atoms with Crippen LogP contribution in [0.5, 0.6) is 0 Å². The molecule has 1 fully saturated rings. The number of halogens is 2. The van der Waals surface area contributed by atoms with Gasteiger partial charge in [-0.1, -0.05) is 22.0 Å². The summed E-state index contributed by atoms with van der Waals surface area (Å²) < 4.78 is 22.5. The van der Waals surface area contributed by atoms with E-state index in [2.05, 4.69) is 20.9 Å². The van der Waals surface area contributed by atoms with E-state index in [9.17, 15) is 14.3 Å². The van der Waals surface area contributed by atoms with Crippen LogP contribution in [-0.2, 0) is 17.7 Å². The monoisotopic (exact) mass is 438 g/mol. The van der Waals surface area contributed by atoms with E-state index >= 15 is 0 Å². The van der Waals surface area contributed by atoms with Gasteiger partial charge >= 0.3 is 5.97 Å². The minimum absolute atomic E-state index is 0.0912. The fourth-order valence-corrected chi connectivity index (χ4v) is 4.57. The van der Waals surface area contributed by atoms with E-state index in [0.717, 1.165) is 35.7 Å². The van der Waals surface area contributed by atoms with Crippen LogP contribution in [0.15, 0.2) is 22.7 Å². The number of carboxylic acid groups (broad SMARTS) is 1. The van der Waals surface area contributed by atoms with Crippen LogP contribution in [0.2, 0.25) is 0 Å². The smallest absolute Gasteiger partial charge is 0.346 e. The van der Waals surface area contributed by atoms with Crippen molar-refractivity contribution in [3.8, 4) is 0 Å². The van der Waals surface area contributed by atoms with Crippen LogP contribution in [0.4, 0.5) is 4.39 Å². The molecule has 5 nitrogen and oxygen atoms in total. The van der Waals surface area contributed by atoms with Crippen molar-refractivity contribution in [3.05, 3.63) is 50.3 Å². The lowest BCUT2D eigenvalue weighted by Crippen LogP contribution is -2.31. The van der Waals surface area contributed by atoms with Crippen LogP contribution >= 0.6 is 27.3 Å². The van der Waals surface area contributed by atoms with Gasteiger partial charge in [-0.05, 0) is 31.0 Å². The topological polar surface area (TPSA) is 64.3 Å². The van der Waals surface area contributed by atoms with Crippen molar-refractivity contribution in [3.63, 3.8) is 0 Å². The Morgan fingerprint density at radius 2 is 2.31 bits per heavy atom. The molecule has 0 aliphatic carbocycles. The van der Waals surface area contributed by atoms with Gasteiger partial charge in [-0.2, -0.15) is 0 Å². The van der Waals surface area contributed by atoms with E-state index in [0.29, 0.717) is 38.3 Å². The Morgan fingerprint density at radius 3 is 2.92 bits per heavy atom. The van der Waals surface area contributed by atoms with Crippen molar-refractivity contribution >= 4 is 43.6 Å². The number of thiophene rings is 1. The molecule has 0 radical (unpaired) electrons. The third-order valence-corrected chi connectivity index (χ3v) is 6.30. The van der Waals surface area contributed by atoms with Gasteiger partial charge in [-0.3, -0.25) is 0 Å². The van der Waals surface area contributed by atoms with Gasteiger partial charge in [0.15, 0.2) is 0 Å². The van der Waals surface area contributed by atoms with Gasteiger partial charge in [0, 0.05) is 23.1 Å². The van der Waals surface area contributed by atoms with Crippen LogP contribution in [0.3, 0.4) is 0 Å². The molecule has 1 unspecified atom stereocenters. The number of carbonyl (C=O) groups is 1. The molecule has 1 saturated heterocycles. The number of nitrogens with zero attached hydrogens (tertiary/aromatic N) is 2. The van der Waals surface area contributed by atoms with Crippen molar-refractivity contribution in [1.29, 1.82) is 0 Å². The zero-order valence-corrected chi connectivity index (χ0v) is 16.4. The number of hydrogen-bond acceptors (Lipinski definition) is 4. The second-order valence-corrected chi connectivity index (χ2v) is 8.26. The number of fused-ring (bicyclic) bond motifs is 1. The summed E-state index contributed by atoms with van der Waals surface area (Å²) in [6, 6.07) is 4.98. The number of rotatable bonds is 5. The Morgan fingerprint density at radius 1 is 1.54 bits per heavy atom. The first-order valence-electron chi connectivity index (χ1n) is 8.21. The zero-order valence-electron chi connectivity index (χ0n) is 14.0. The molecule has 0 bridgehead atoms. The maximum atomic E-state index is 14.3. The fourth-order valence-electron chi connectivity index (χ4n) is 3.19. The highest BCUT2D eigenvalue weighted by molar-refractivity contribution is 9.10. The summed E-state index contributed by atoms with van der Waals surface area (Å²) in [5.74, 6) is -0.513. The number of ether oxygens (including phenoxy) is 1. The van der Waals surface area contributed by atoms with Crippen LogP contribution in [-0.4, -0.2) is 33.3 Å². The van der Waals surface area contributed by atoms with Gasteiger partial charge in [-0.15, -0.1) is 11.3 Å². The molecular formula is C18H16BrFN2O3S. The maximum Gasteiger partial charge on any atom is 0.346 e. The lowest BCUT2D eigenvalue weighted by atomic mass is 10.1. The SMILES string of the molecule is Cc1c(C(=O)O)sc2nc(Cc3ccc(Br)cc3F)n(CC3CCO3)c12. The standard InChI is InChI=1S/C18H16BrFN2O3S/c1-9-15-17(26-16(9)18(23)24)21-14(22(15)8-12-4-5-25-12)6-10-2-3-11(19)7-13(10)20/h2-3,7,12H,4-6,8H2,1H3,(H,23,24). The third kappa shape index (κ3) is 3.06. The number of benzene rings is 1. The fraction of sp³-hybridized carbons (Fsp3) is 0.333. The van der Waals surface area contributed by atoms with E-state index in [1.165, 1.54) is 6.07 Å². The second kappa shape index (κ2) is 6.75. The molecule has 8 heteroatoms. The van der Waals surface area contributed by atoms with Crippen LogP contribution in [0.25, 0.3) is 10.3 Å². The second-order valence-electron chi connectivity index (χ2n) is 6.35. The summed E-state index contributed by atoms with van der Waals surface area (Å²) in [6.45, 7) is 3.13. The summed E-state index contributed by atoms with van der Waals surface area (Å²) in [5, 5.41) is 9.38. The van der Waals surface area contributed by atoms with Crippen LogP contribution in [0.1, 0.15) is 33.0 Å². The van der Waals surface area contributed by atoms with Crippen molar-refractivity contribution in [2.24, 2.45) is 0 Å². The summed E-state index contributed by atoms with van der Waals surface area (Å²) in [7, 11) is 0. The highest BCUT2D eigenvalue weighted by atomic mass is 79.9. The average Bonchev–Trinajstić information content (AvgIpc) is 3.03. The van der Waals surface area contributed by atoms with E-state index in [-0.39, 0.29) is 11.9 Å². The van der Waals surface area contributed by atoms with E-state index in [1.807, 2.05) is 4.57 Å². The van der Waals surface area contributed by atoms with Gasteiger partial charge in [-0.25, -0.2) is 14.2 Å². The molecule has 1 atom stereocenters. The van der Waals surface area contributed by atoms with Crippen molar-refractivity contribution in [1.82, 2.24) is 9.55 Å². The molecule has 3 heterocycles. The summed E-state index contributed by atoms with van der Waals surface area (Å²) >= 11 is 4.43. The molecule has 0 amide bonds. The number of carboxylic acids is 1. The van der Waals surface area contributed by atoms with Gasteiger partial charge in [0.25, 0.3) is 0 Å². The molecule has 1 N–H and O–H groups in total. The summed E-state index contributed by atoms with van der Waals surface area (Å²) in [4.78, 5) is 17.0. The van der Waals surface area contributed by atoms with Crippen molar-refractivity contribution < 1.29 is 19.0 Å². The van der Waals surface area contributed by atoms with E-state index in [4.69, 9.17) is 4.74 Å². The number of aryl methyl sites for hydroxylation is 1. The normalized spacial score (nSPS) is 16.8. The molecule has 0 saturated carbocycles. The van der Waals surface area contributed by atoms with Crippen molar-refractivity contribution in [2.45, 2.75) is 32.4 Å². The molecular weight excluding hydrogens is 423 g/mol. The minimum Gasteiger partial charge on any atom is -0.477 e. The molecule has 136 valence electrons. The number of hydrogen-bond donors (Lipinski definition) is 1. The highest BCUT2D eigenvalue weighted by Crippen LogP contribution is 2.33. The zero-order chi connectivity index (χ0) is 18.4. The Kier molecular flexibility index (Phi) is 4.58. The highest BCUT2D eigenvalue weighted by Gasteiger charge is 2.26. The molecule has 3 aromatic rings. The molecule has 4 rings (SSSR count). The van der Waals surface area contributed by atoms with Gasteiger partial charge in [0.1, 0.15) is 21.3 Å². The summed E-state index contributed by atoms with van der Waals surface area (Å²) in [6.07, 6.45) is 1.39. The first kappa shape index (κ1) is 17.6. The first-order valence-corrected chi connectivity index (χ1v) is 9.82. The molecule has 1 aliphatic rings. The van der Waals surface area contributed by atoms with Crippen LogP contribution in [0, 0.1) is 12.7 Å². The predicted octanol–water partition coefficient (Wildman–Crippen LogP) is 4.39. The maximum absolute atomic E-state index is 14.3. The minimum atomic E-state index is -0.947. The van der Waals surface area contributed by atoms with Gasteiger partial charge in [0.2, 0.25) is 0 Å². The third-order valence-electron chi connectivity index (χ3n) is 4.65. The van der Waals surface area contributed by atoms with Crippen molar-refractivity contribution in [2.75, 3.05) is 6.61 Å². The lowest BCUT2D eigenvalue weighted by molar-refractivity contribution is -0.0589. The molecule has 26 heavy (non-hydrogen) atoms. The Labute approximate surface area is 161 Å². The first-order chi connectivity index (χ1) is 12.4. The molecule has 2 aromatic heterocycles. The number of aromatic carboxylic acids is 1. The van der Waals surface area contributed by atoms with Crippen LogP contribution < -0.4 is 0 Å². The Balaban J connectivity index is 1.79. The predicted molar refractivity (Wildman–Crippen MR) is 101 cm³/mol. The van der Waals surface area contributed by atoms with Gasteiger partial charge in [0.05, 0.1) is 18.2 Å².